The van der Waals surface area contributed by atoms with Crippen molar-refractivity contribution in [3.05, 3.63) is 123 Å². The van der Waals surface area contributed by atoms with Gasteiger partial charge in [-0.15, -0.1) is 11.3 Å². The third-order valence-corrected chi connectivity index (χ3v) is 6.57. The molecule has 0 bridgehead atoms. The van der Waals surface area contributed by atoms with Gasteiger partial charge in [0, 0.05) is 15.4 Å². The molecular weight excluding hydrogens is 534 g/mol. The van der Waals surface area contributed by atoms with Gasteiger partial charge in [0.15, 0.2) is 0 Å². The summed E-state index contributed by atoms with van der Waals surface area (Å²) in [5, 5.41) is 6.90. The van der Waals surface area contributed by atoms with E-state index in [0.717, 1.165) is 49.0 Å². The average Bonchev–Trinajstić information content (AvgIpc) is 3.31. The first-order valence-corrected chi connectivity index (χ1v) is 12.9. The topological polar surface area (TPSA) is 48.1 Å². The number of ether oxygens (including phenoxy) is 2. The van der Waals surface area contributed by atoms with Gasteiger partial charge in [-0.1, -0.05) is 58.4 Å². The van der Waals surface area contributed by atoms with Crippen molar-refractivity contribution in [2.75, 3.05) is 7.11 Å². The summed E-state index contributed by atoms with van der Waals surface area (Å²) in [6, 6.07) is 33.3. The predicted octanol–water partition coefficient (Wildman–Crippen LogP) is 7.89. The molecule has 0 amide bonds. The lowest BCUT2D eigenvalue weighted by molar-refractivity contribution is 0.415. The molecule has 1 heterocycles. The first-order valence-electron chi connectivity index (χ1n) is 11.2. The molecule has 5 aromatic rings. The number of benzene rings is 4. The van der Waals surface area contributed by atoms with Gasteiger partial charge in [0.2, 0.25) is 4.80 Å². The largest absolute Gasteiger partial charge is 0.497 e. The molecule has 0 radical (unpaired) electrons. The SMILES string of the molecule is COc1ccc(N=c2scc(-c3cccc(Br)c3)n2N=Cc2cccc(Oc3ccccc3)c2)cc1. The van der Waals surface area contributed by atoms with E-state index in [2.05, 4.69) is 33.4 Å². The molecule has 36 heavy (non-hydrogen) atoms. The van der Waals surface area contributed by atoms with E-state index in [0.29, 0.717) is 0 Å². The summed E-state index contributed by atoms with van der Waals surface area (Å²) in [4.78, 5) is 5.60. The van der Waals surface area contributed by atoms with Crippen LogP contribution in [-0.4, -0.2) is 18.0 Å². The number of para-hydroxylation sites is 1. The highest BCUT2D eigenvalue weighted by molar-refractivity contribution is 9.10. The number of methoxy groups -OCH3 is 1. The van der Waals surface area contributed by atoms with Crippen molar-refractivity contribution in [3.8, 4) is 28.5 Å². The molecule has 7 heteroatoms. The zero-order valence-corrected chi connectivity index (χ0v) is 21.8. The van der Waals surface area contributed by atoms with Crippen molar-refractivity contribution in [3.63, 3.8) is 0 Å². The van der Waals surface area contributed by atoms with Gasteiger partial charge in [0.05, 0.1) is 24.7 Å². The second-order valence-corrected chi connectivity index (χ2v) is 9.52. The van der Waals surface area contributed by atoms with Gasteiger partial charge in [0.1, 0.15) is 17.2 Å². The number of hydrogen-bond donors (Lipinski definition) is 0. The molecule has 4 aromatic carbocycles. The van der Waals surface area contributed by atoms with Crippen LogP contribution in [0.2, 0.25) is 0 Å². The van der Waals surface area contributed by atoms with Crippen LogP contribution < -0.4 is 14.3 Å². The Kier molecular flexibility index (Phi) is 7.40. The molecule has 0 aliphatic heterocycles. The van der Waals surface area contributed by atoms with Gasteiger partial charge in [-0.2, -0.15) is 5.10 Å². The van der Waals surface area contributed by atoms with Crippen LogP contribution in [0.4, 0.5) is 5.69 Å². The van der Waals surface area contributed by atoms with Crippen LogP contribution in [0, 0.1) is 0 Å². The Labute approximate surface area is 221 Å². The van der Waals surface area contributed by atoms with Crippen molar-refractivity contribution in [2.24, 2.45) is 10.1 Å². The molecule has 5 rings (SSSR count). The Morgan fingerprint density at radius 2 is 1.58 bits per heavy atom. The second kappa shape index (κ2) is 11.2. The van der Waals surface area contributed by atoms with Crippen molar-refractivity contribution in [1.82, 2.24) is 4.68 Å². The molecule has 0 aliphatic rings. The Bertz CT molecular complexity index is 1560. The highest BCUT2D eigenvalue weighted by atomic mass is 79.9. The van der Waals surface area contributed by atoms with Gasteiger partial charge in [-0.3, -0.25) is 0 Å². The normalized spacial score (nSPS) is 11.7. The highest BCUT2D eigenvalue weighted by Crippen LogP contribution is 2.25. The number of aromatic nitrogens is 1. The Morgan fingerprint density at radius 3 is 2.36 bits per heavy atom. The summed E-state index contributed by atoms with van der Waals surface area (Å²) in [5.74, 6) is 2.32. The fraction of sp³-hybridized carbons (Fsp3) is 0.0345. The summed E-state index contributed by atoms with van der Waals surface area (Å²) in [5.41, 5.74) is 3.72. The van der Waals surface area contributed by atoms with E-state index in [-0.39, 0.29) is 0 Å². The zero-order chi connectivity index (χ0) is 24.7. The quantitative estimate of drug-likeness (QED) is 0.192. The zero-order valence-electron chi connectivity index (χ0n) is 19.4. The molecule has 0 N–H and O–H groups in total. The molecule has 0 spiro atoms. The Balaban J connectivity index is 1.52. The van der Waals surface area contributed by atoms with Gasteiger partial charge in [-0.25, -0.2) is 9.67 Å². The third-order valence-electron chi connectivity index (χ3n) is 5.26. The smallest absolute Gasteiger partial charge is 0.211 e. The standard InChI is InChI=1S/C29H22BrN3O2S/c1-34-25-15-13-24(14-16-25)32-29-33(28(20-36-29)22-8-6-9-23(30)18-22)31-19-21-7-5-12-27(17-21)35-26-10-3-2-4-11-26/h2-20H,1H3. The molecule has 0 aliphatic carbocycles. The highest BCUT2D eigenvalue weighted by Gasteiger charge is 2.09. The summed E-state index contributed by atoms with van der Waals surface area (Å²) in [6.07, 6.45) is 1.82. The van der Waals surface area contributed by atoms with Crippen LogP contribution in [-0.2, 0) is 0 Å². The van der Waals surface area contributed by atoms with Crippen LogP contribution in [0.5, 0.6) is 17.2 Å². The van der Waals surface area contributed by atoms with Gasteiger partial charge < -0.3 is 9.47 Å². The van der Waals surface area contributed by atoms with Crippen molar-refractivity contribution in [1.29, 1.82) is 0 Å². The molecule has 0 fully saturated rings. The summed E-state index contributed by atoms with van der Waals surface area (Å²) < 4.78 is 14.1. The number of thiazole rings is 1. The summed E-state index contributed by atoms with van der Waals surface area (Å²) >= 11 is 5.11. The van der Waals surface area contributed by atoms with Gasteiger partial charge in [0.25, 0.3) is 0 Å². The van der Waals surface area contributed by atoms with E-state index in [4.69, 9.17) is 19.6 Å². The Hall–Kier alpha value is -3.94. The fourth-order valence-electron chi connectivity index (χ4n) is 3.51. The van der Waals surface area contributed by atoms with Crippen molar-refractivity contribution >= 4 is 39.2 Å². The fourth-order valence-corrected chi connectivity index (χ4v) is 4.77. The molecule has 0 unspecified atom stereocenters. The number of rotatable bonds is 7. The average molecular weight is 556 g/mol. The second-order valence-electron chi connectivity index (χ2n) is 7.77. The maximum Gasteiger partial charge on any atom is 0.211 e. The number of hydrogen-bond acceptors (Lipinski definition) is 5. The molecule has 1 aromatic heterocycles. The van der Waals surface area contributed by atoms with Crippen molar-refractivity contribution < 1.29 is 9.47 Å². The molecule has 0 atom stereocenters. The minimum absolute atomic E-state index is 0.746. The maximum atomic E-state index is 5.98. The minimum Gasteiger partial charge on any atom is -0.497 e. The Morgan fingerprint density at radius 1 is 0.806 bits per heavy atom. The van der Waals surface area contributed by atoms with Crippen LogP contribution in [0.25, 0.3) is 11.3 Å². The number of halogens is 1. The van der Waals surface area contributed by atoms with Gasteiger partial charge in [-0.05, 0) is 66.2 Å². The third kappa shape index (κ3) is 5.82. The molecule has 0 saturated carbocycles. The molecular formula is C29H22BrN3O2S. The van der Waals surface area contributed by atoms with E-state index in [1.165, 1.54) is 11.3 Å². The van der Waals surface area contributed by atoms with Crippen LogP contribution >= 0.6 is 27.3 Å². The van der Waals surface area contributed by atoms with E-state index >= 15 is 0 Å². The van der Waals surface area contributed by atoms with Crippen LogP contribution in [0.15, 0.2) is 123 Å². The maximum absolute atomic E-state index is 5.98. The summed E-state index contributed by atoms with van der Waals surface area (Å²) in [6.45, 7) is 0. The first kappa shape index (κ1) is 23.8. The minimum atomic E-state index is 0.746. The lowest BCUT2D eigenvalue weighted by Crippen LogP contribution is -2.11. The summed E-state index contributed by atoms with van der Waals surface area (Å²) in [7, 11) is 1.65. The molecule has 5 nitrogen and oxygen atoms in total. The lowest BCUT2D eigenvalue weighted by atomic mass is 10.2. The van der Waals surface area contributed by atoms with E-state index in [1.54, 1.807) is 7.11 Å². The van der Waals surface area contributed by atoms with Crippen molar-refractivity contribution in [2.45, 2.75) is 0 Å². The van der Waals surface area contributed by atoms with Gasteiger partial charge >= 0.3 is 0 Å². The molecule has 0 saturated heterocycles. The monoisotopic (exact) mass is 555 g/mol. The van der Waals surface area contributed by atoms with E-state index < -0.39 is 0 Å². The lowest BCUT2D eigenvalue weighted by Gasteiger charge is -2.06. The van der Waals surface area contributed by atoms with Crippen LogP contribution in [0.1, 0.15) is 5.56 Å². The van der Waals surface area contributed by atoms with E-state index in [1.807, 2.05) is 102 Å². The number of nitrogens with zero attached hydrogens (tertiary/aromatic N) is 3. The van der Waals surface area contributed by atoms with Crippen LogP contribution in [0.3, 0.4) is 0 Å². The molecule has 178 valence electrons. The van der Waals surface area contributed by atoms with E-state index in [9.17, 15) is 0 Å². The predicted molar refractivity (Wildman–Crippen MR) is 150 cm³/mol. The first-order chi connectivity index (χ1) is 17.7.